The molecule has 0 bridgehead atoms. The van der Waals surface area contributed by atoms with E-state index < -0.39 is 0 Å². The number of pyridine rings is 1. The van der Waals surface area contributed by atoms with Crippen LogP contribution in [0.3, 0.4) is 0 Å². The smallest absolute Gasteiger partial charge is 0.319 e. The number of ether oxygens (including phenoxy) is 2. The molecule has 0 radical (unpaired) electrons. The van der Waals surface area contributed by atoms with E-state index in [9.17, 15) is 4.79 Å². The Balaban J connectivity index is 1.07. The van der Waals surface area contributed by atoms with Gasteiger partial charge < -0.3 is 25.0 Å². The third kappa shape index (κ3) is 6.28. The topological polar surface area (TPSA) is 96.3 Å². The van der Waals surface area contributed by atoms with Crippen LogP contribution in [0, 0.1) is 0 Å². The highest BCUT2D eigenvalue weighted by Crippen LogP contribution is 2.39. The Kier molecular flexibility index (Phi) is 8.33. The molecule has 3 aliphatic rings. The molecule has 0 spiro atoms. The minimum atomic E-state index is -0.208. The summed E-state index contributed by atoms with van der Waals surface area (Å²) in [5.41, 5.74) is 6.05. The first-order valence-electron chi connectivity index (χ1n) is 16.6. The molecule has 2 aromatic heterocycles. The van der Waals surface area contributed by atoms with Gasteiger partial charge in [0.05, 0.1) is 31.5 Å². The van der Waals surface area contributed by atoms with Crippen molar-refractivity contribution in [3.05, 3.63) is 83.3 Å². The Morgan fingerprint density at radius 2 is 1.76 bits per heavy atom. The predicted molar refractivity (Wildman–Crippen MR) is 180 cm³/mol. The van der Waals surface area contributed by atoms with Crippen LogP contribution < -0.4 is 20.3 Å². The highest BCUT2D eigenvalue weighted by Gasteiger charge is 2.31. The Morgan fingerprint density at radius 3 is 2.52 bits per heavy atom. The van der Waals surface area contributed by atoms with Crippen molar-refractivity contribution >= 4 is 23.1 Å². The van der Waals surface area contributed by atoms with E-state index in [2.05, 4.69) is 93.2 Å². The molecule has 7 rings (SSSR count). The van der Waals surface area contributed by atoms with Crippen LogP contribution in [-0.4, -0.2) is 65.4 Å². The van der Waals surface area contributed by atoms with Gasteiger partial charge in [-0.1, -0.05) is 45.0 Å². The number of urea groups is 1. The fraction of sp³-hybridized carbons (Fsp3) is 0.472. The third-order valence-electron chi connectivity index (χ3n) is 9.66. The zero-order valence-electron chi connectivity index (χ0n) is 27.3. The SMILES string of the molecule is CN1CCCC1c1nnc2ccc(O[C@@H]3CC[C@H](NC(=O)Nc4cc(N5CCOCC5)cc(C(C)(C)C)c4)c4ccccc43)cn12. The number of morpholine rings is 1. The van der Waals surface area contributed by atoms with Gasteiger partial charge in [-0.15, -0.1) is 10.2 Å². The summed E-state index contributed by atoms with van der Waals surface area (Å²) in [4.78, 5) is 18.1. The number of likely N-dealkylation sites (tertiary alicyclic amines) is 1. The molecule has 1 aliphatic carbocycles. The summed E-state index contributed by atoms with van der Waals surface area (Å²) in [5.74, 6) is 1.75. The Morgan fingerprint density at radius 1 is 0.957 bits per heavy atom. The van der Waals surface area contributed by atoms with Crippen molar-refractivity contribution in [2.45, 2.75) is 70.1 Å². The number of anilines is 2. The molecule has 0 saturated carbocycles. The van der Waals surface area contributed by atoms with Gasteiger partial charge in [-0.25, -0.2) is 4.79 Å². The predicted octanol–water partition coefficient (Wildman–Crippen LogP) is 6.41. The lowest BCUT2D eigenvalue weighted by Gasteiger charge is -2.33. The van der Waals surface area contributed by atoms with E-state index in [-0.39, 0.29) is 29.6 Å². The molecule has 2 amide bonds. The second-order valence-electron chi connectivity index (χ2n) is 13.9. The number of fused-ring (bicyclic) bond motifs is 2. The first-order valence-corrected chi connectivity index (χ1v) is 16.6. The summed E-state index contributed by atoms with van der Waals surface area (Å²) >= 11 is 0. The minimum Gasteiger partial charge on any atom is -0.484 e. The van der Waals surface area contributed by atoms with Gasteiger partial charge in [0.15, 0.2) is 11.5 Å². The molecular formula is C36H45N7O3. The molecule has 10 heteroatoms. The maximum Gasteiger partial charge on any atom is 0.319 e. The van der Waals surface area contributed by atoms with Gasteiger partial charge in [0, 0.05) is 24.5 Å². The number of carbonyl (C=O) groups is 1. The largest absolute Gasteiger partial charge is 0.484 e. The van der Waals surface area contributed by atoms with Gasteiger partial charge in [0.1, 0.15) is 11.9 Å². The van der Waals surface area contributed by atoms with Gasteiger partial charge in [-0.05, 0) is 91.7 Å². The van der Waals surface area contributed by atoms with Crippen LogP contribution >= 0.6 is 0 Å². The van der Waals surface area contributed by atoms with Gasteiger partial charge in [0.25, 0.3) is 0 Å². The number of nitrogens with one attached hydrogen (secondary N) is 2. The normalized spacial score (nSPS) is 22.1. The number of rotatable bonds is 6. The number of hydrogen-bond acceptors (Lipinski definition) is 7. The summed E-state index contributed by atoms with van der Waals surface area (Å²) in [6, 6.07) is 18.6. The van der Waals surface area contributed by atoms with E-state index in [1.807, 2.05) is 30.5 Å². The van der Waals surface area contributed by atoms with E-state index in [1.165, 1.54) is 5.56 Å². The van der Waals surface area contributed by atoms with E-state index in [0.29, 0.717) is 13.2 Å². The third-order valence-corrected chi connectivity index (χ3v) is 9.66. The summed E-state index contributed by atoms with van der Waals surface area (Å²) in [5, 5.41) is 15.4. The maximum absolute atomic E-state index is 13.5. The fourth-order valence-electron chi connectivity index (χ4n) is 7.06. The molecule has 4 heterocycles. The number of amides is 2. The van der Waals surface area contributed by atoms with Gasteiger partial charge in [-0.3, -0.25) is 9.30 Å². The molecule has 3 atom stereocenters. The standard InChI is InChI=1S/C36H45N7O3/c1-36(2,3)24-20-25(22-26(21-24)42-16-18-45-19-17-42)37-35(44)38-30-12-13-32(29-9-6-5-8-28(29)30)46-27-11-14-33-39-40-34(43(33)23-27)31-10-7-15-41(31)4/h5-6,8-9,11,14,20-23,30-32H,7,10,12-13,15-19H2,1-4H3,(H2,37,38,44)/t30-,31?,32+/m0/s1. The summed E-state index contributed by atoms with van der Waals surface area (Å²) in [6.07, 6.45) is 5.69. The van der Waals surface area contributed by atoms with Crippen LogP contribution in [0.1, 0.15) is 87.2 Å². The Hall–Kier alpha value is -4.15. The molecule has 2 saturated heterocycles. The van der Waals surface area contributed by atoms with Crippen molar-refractivity contribution < 1.29 is 14.3 Å². The van der Waals surface area contributed by atoms with Crippen molar-refractivity contribution in [3.8, 4) is 5.75 Å². The number of aromatic nitrogens is 3. The summed E-state index contributed by atoms with van der Waals surface area (Å²) in [6.45, 7) is 10.8. The van der Waals surface area contributed by atoms with Crippen LogP contribution in [0.15, 0.2) is 60.8 Å². The van der Waals surface area contributed by atoms with Crippen LogP contribution in [0.2, 0.25) is 0 Å². The summed E-state index contributed by atoms with van der Waals surface area (Å²) in [7, 11) is 2.15. The molecular weight excluding hydrogens is 578 g/mol. The molecule has 2 N–H and O–H groups in total. The Labute approximate surface area is 271 Å². The lowest BCUT2D eigenvalue weighted by Crippen LogP contribution is -2.37. The quantitative estimate of drug-likeness (QED) is 0.256. The lowest BCUT2D eigenvalue weighted by molar-refractivity contribution is 0.122. The number of nitrogens with zero attached hydrogens (tertiary/aromatic N) is 5. The second kappa shape index (κ2) is 12.6. The lowest BCUT2D eigenvalue weighted by atomic mass is 9.85. The van der Waals surface area contributed by atoms with Gasteiger partial charge in [-0.2, -0.15) is 0 Å². The fourth-order valence-corrected chi connectivity index (χ4v) is 7.06. The molecule has 2 fully saturated rings. The highest BCUT2D eigenvalue weighted by atomic mass is 16.5. The van der Waals surface area contributed by atoms with Crippen LogP contribution in [-0.2, 0) is 10.2 Å². The Bertz CT molecular complexity index is 1710. The van der Waals surface area contributed by atoms with Gasteiger partial charge in [0.2, 0.25) is 0 Å². The zero-order chi connectivity index (χ0) is 31.8. The molecule has 4 aromatic rings. The zero-order valence-corrected chi connectivity index (χ0v) is 27.3. The van der Waals surface area contributed by atoms with Crippen LogP contribution in [0.5, 0.6) is 5.75 Å². The van der Waals surface area contributed by atoms with Crippen LogP contribution in [0.4, 0.5) is 16.2 Å². The molecule has 46 heavy (non-hydrogen) atoms. The average molecular weight is 624 g/mol. The molecule has 10 nitrogen and oxygen atoms in total. The van der Waals surface area contributed by atoms with E-state index >= 15 is 0 Å². The van der Waals surface area contributed by atoms with Crippen molar-refractivity contribution in [3.63, 3.8) is 0 Å². The van der Waals surface area contributed by atoms with Crippen molar-refractivity contribution in [2.75, 3.05) is 50.1 Å². The molecule has 2 aromatic carbocycles. The van der Waals surface area contributed by atoms with Crippen molar-refractivity contribution in [1.29, 1.82) is 0 Å². The van der Waals surface area contributed by atoms with Crippen molar-refractivity contribution in [2.24, 2.45) is 0 Å². The maximum atomic E-state index is 13.5. The van der Waals surface area contributed by atoms with Crippen LogP contribution in [0.25, 0.3) is 5.65 Å². The first kappa shape index (κ1) is 30.5. The first-order chi connectivity index (χ1) is 22.2. The molecule has 242 valence electrons. The van der Waals surface area contributed by atoms with E-state index in [0.717, 1.165) is 85.0 Å². The molecule has 1 unspecified atom stereocenters. The number of carbonyl (C=O) groups excluding carboxylic acids is 1. The highest BCUT2D eigenvalue weighted by molar-refractivity contribution is 5.90. The average Bonchev–Trinajstić information content (AvgIpc) is 3.67. The van der Waals surface area contributed by atoms with E-state index in [1.54, 1.807) is 0 Å². The molecule has 2 aliphatic heterocycles. The van der Waals surface area contributed by atoms with E-state index in [4.69, 9.17) is 9.47 Å². The van der Waals surface area contributed by atoms with Crippen molar-refractivity contribution in [1.82, 2.24) is 24.8 Å². The number of hydrogen-bond donors (Lipinski definition) is 2. The second-order valence-corrected chi connectivity index (χ2v) is 13.9. The summed E-state index contributed by atoms with van der Waals surface area (Å²) < 4.78 is 14.3. The monoisotopic (exact) mass is 623 g/mol. The number of benzene rings is 2. The minimum absolute atomic E-state index is 0.0557. The van der Waals surface area contributed by atoms with Gasteiger partial charge >= 0.3 is 6.03 Å².